The van der Waals surface area contributed by atoms with Gasteiger partial charge in [-0.05, 0) is 56.8 Å². The standard InChI is InChI=1S/C14H22O/c1-14(11-5-3-2-4-6-11)12-8-7-10(9-12)13(14)15/h5,10,12-13,15H,2-4,6-9H2,1H3. The number of aliphatic hydroxyl groups excluding tert-OH is 1. The molecular weight excluding hydrogens is 184 g/mol. The lowest BCUT2D eigenvalue weighted by molar-refractivity contribution is 0.0130. The molecule has 1 nitrogen and oxygen atoms in total. The molecular formula is C14H22O. The Morgan fingerprint density at radius 1 is 1.33 bits per heavy atom. The van der Waals surface area contributed by atoms with E-state index in [9.17, 15) is 5.11 Å². The van der Waals surface area contributed by atoms with Crippen molar-refractivity contribution in [3.63, 3.8) is 0 Å². The van der Waals surface area contributed by atoms with Crippen molar-refractivity contribution in [1.29, 1.82) is 0 Å². The second kappa shape index (κ2) is 3.35. The van der Waals surface area contributed by atoms with Crippen LogP contribution in [0.3, 0.4) is 0 Å². The summed E-state index contributed by atoms with van der Waals surface area (Å²) in [6, 6.07) is 0. The van der Waals surface area contributed by atoms with E-state index < -0.39 is 0 Å². The molecule has 0 spiro atoms. The minimum atomic E-state index is -0.0411. The molecule has 84 valence electrons. The van der Waals surface area contributed by atoms with Gasteiger partial charge in [0.1, 0.15) is 0 Å². The lowest BCUT2D eigenvalue weighted by Crippen LogP contribution is -2.40. The lowest BCUT2D eigenvalue weighted by Gasteiger charge is -2.41. The summed E-state index contributed by atoms with van der Waals surface area (Å²) in [7, 11) is 0. The molecule has 0 aromatic rings. The van der Waals surface area contributed by atoms with Gasteiger partial charge in [-0.1, -0.05) is 18.6 Å². The van der Waals surface area contributed by atoms with Gasteiger partial charge in [0.2, 0.25) is 0 Å². The number of fused-ring (bicyclic) bond motifs is 2. The SMILES string of the molecule is CC1(C2=CCCCC2)C2CCC(C2)C1O. The number of allylic oxidation sites excluding steroid dienone is 1. The van der Waals surface area contributed by atoms with E-state index in [1.54, 1.807) is 5.57 Å². The normalized spacial score (nSPS) is 49.5. The maximum atomic E-state index is 10.4. The molecule has 0 aromatic carbocycles. The highest BCUT2D eigenvalue weighted by Crippen LogP contribution is 2.60. The first-order chi connectivity index (χ1) is 7.23. The third kappa shape index (κ3) is 1.25. The molecule has 0 heterocycles. The zero-order valence-corrected chi connectivity index (χ0v) is 9.71. The van der Waals surface area contributed by atoms with Crippen LogP contribution in [0.1, 0.15) is 51.9 Å². The fourth-order valence-electron chi connectivity index (χ4n) is 4.36. The van der Waals surface area contributed by atoms with Crippen molar-refractivity contribution in [3.05, 3.63) is 11.6 Å². The number of rotatable bonds is 1. The van der Waals surface area contributed by atoms with Gasteiger partial charge in [-0.3, -0.25) is 0 Å². The highest BCUT2D eigenvalue weighted by molar-refractivity contribution is 5.24. The summed E-state index contributed by atoms with van der Waals surface area (Å²) in [6.45, 7) is 2.33. The number of hydrogen-bond donors (Lipinski definition) is 1. The monoisotopic (exact) mass is 206 g/mol. The molecule has 4 unspecified atom stereocenters. The van der Waals surface area contributed by atoms with Gasteiger partial charge >= 0.3 is 0 Å². The predicted octanol–water partition coefficient (Wildman–Crippen LogP) is 3.28. The topological polar surface area (TPSA) is 20.2 Å². The van der Waals surface area contributed by atoms with Crippen LogP contribution in [0.4, 0.5) is 0 Å². The highest BCUT2D eigenvalue weighted by Gasteiger charge is 2.56. The summed E-state index contributed by atoms with van der Waals surface area (Å²) in [5.41, 5.74) is 1.75. The Hall–Kier alpha value is -0.300. The van der Waals surface area contributed by atoms with Crippen molar-refractivity contribution in [3.8, 4) is 0 Å². The Morgan fingerprint density at radius 2 is 2.20 bits per heavy atom. The summed E-state index contributed by atoms with van der Waals surface area (Å²) < 4.78 is 0. The van der Waals surface area contributed by atoms with Crippen LogP contribution in [0.25, 0.3) is 0 Å². The fourth-order valence-corrected chi connectivity index (χ4v) is 4.36. The lowest BCUT2D eigenvalue weighted by atomic mass is 9.65. The van der Waals surface area contributed by atoms with Gasteiger partial charge in [0.15, 0.2) is 0 Å². The minimum absolute atomic E-state index is 0.0411. The van der Waals surface area contributed by atoms with Crippen LogP contribution in [0, 0.1) is 17.3 Å². The largest absolute Gasteiger partial charge is 0.392 e. The predicted molar refractivity (Wildman–Crippen MR) is 61.5 cm³/mol. The van der Waals surface area contributed by atoms with Crippen molar-refractivity contribution in [2.45, 2.75) is 58.0 Å². The van der Waals surface area contributed by atoms with Gasteiger partial charge < -0.3 is 5.11 Å². The molecule has 4 atom stereocenters. The van der Waals surface area contributed by atoms with Gasteiger partial charge in [-0.2, -0.15) is 0 Å². The average molecular weight is 206 g/mol. The first-order valence-electron chi connectivity index (χ1n) is 6.60. The molecule has 0 aromatic heterocycles. The Labute approximate surface area is 92.6 Å². The molecule has 1 N–H and O–H groups in total. The van der Waals surface area contributed by atoms with Crippen molar-refractivity contribution < 1.29 is 5.11 Å². The third-order valence-corrected chi connectivity index (χ3v) is 5.37. The summed E-state index contributed by atoms with van der Waals surface area (Å²) in [5, 5.41) is 10.4. The third-order valence-electron chi connectivity index (χ3n) is 5.37. The van der Waals surface area contributed by atoms with Gasteiger partial charge in [0, 0.05) is 5.41 Å². The quantitative estimate of drug-likeness (QED) is 0.653. The van der Waals surface area contributed by atoms with E-state index in [0.717, 1.165) is 5.92 Å². The molecule has 0 radical (unpaired) electrons. The summed E-state index contributed by atoms with van der Waals surface area (Å²) in [4.78, 5) is 0. The van der Waals surface area contributed by atoms with Crippen LogP contribution >= 0.6 is 0 Å². The first-order valence-corrected chi connectivity index (χ1v) is 6.60. The molecule has 15 heavy (non-hydrogen) atoms. The van der Waals surface area contributed by atoms with Crippen molar-refractivity contribution in [2.75, 3.05) is 0 Å². The first kappa shape index (κ1) is 9.89. The van der Waals surface area contributed by atoms with Gasteiger partial charge in [0.25, 0.3) is 0 Å². The summed E-state index contributed by atoms with van der Waals surface area (Å²) >= 11 is 0. The Kier molecular flexibility index (Phi) is 2.21. The zero-order valence-electron chi connectivity index (χ0n) is 9.71. The molecule has 3 rings (SSSR count). The van der Waals surface area contributed by atoms with E-state index in [0.29, 0.717) is 5.92 Å². The molecule has 3 aliphatic carbocycles. The average Bonchev–Trinajstić information content (AvgIpc) is 2.84. The molecule has 2 fully saturated rings. The second-order valence-electron chi connectivity index (χ2n) is 5.97. The van der Waals surface area contributed by atoms with E-state index in [4.69, 9.17) is 0 Å². The molecule has 1 heteroatoms. The molecule has 3 aliphatic rings. The molecule has 2 saturated carbocycles. The van der Waals surface area contributed by atoms with Crippen LogP contribution < -0.4 is 0 Å². The van der Waals surface area contributed by atoms with Crippen LogP contribution in [-0.2, 0) is 0 Å². The second-order valence-corrected chi connectivity index (χ2v) is 5.97. The zero-order chi connectivity index (χ0) is 10.5. The Bertz CT molecular complexity index is 290. The van der Waals surface area contributed by atoms with E-state index in [2.05, 4.69) is 13.0 Å². The van der Waals surface area contributed by atoms with Gasteiger partial charge in [0.05, 0.1) is 6.10 Å². The molecule has 2 bridgehead atoms. The van der Waals surface area contributed by atoms with E-state index >= 15 is 0 Å². The fraction of sp³-hybridized carbons (Fsp3) is 0.857. The summed E-state index contributed by atoms with van der Waals surface area (Å²) in [5.74, 6) is 1.39. The maximum Gasteiger partial charge on any atom is 0.0661 e. The van der Waals surface area contributed by atoms with Crippen LogP contribution in [-0.4, -0.2) is 11.2 Å². The van der Waals surface area contributed by atoms with E-state index in [-0.39, 0.29) is 11.5 Å². The highest BCUT2D eigenvalue weighted by atomic mass is 16.3. The maximum absolute atomic E-state index is 10.4. The Morgan fingerprint density at radius 3 is 2.80 bits per heavy atom. The smallest absolute Gasteiger partial charge is 0.0661 e. The van der Waals surface area contributed by atoms with Crippen molar-refractivity contribution >= 4 is 0 Å². The van der Waals surface area contributed by atoms with E-state index in [1.807, 2.05) is 0 Å². The number of hydrogen-bond acceptors (Lipinski definition) is 1. The van der Waals surface area contributed by atoms with E-state index in [1.165, 1.54) is 44.9 Å². The van der Waals surface area contributed by atoms with Crippen LogP contribution in [0.15, 0.2) is 11.6 Å². The number of aliphatic hydroxyl groups is 1. The Balaban J connectivity index is 1.92. The molecule has 0 saturated heterocycles. The van der Waals surface area contributed by atoms with Crippen molar-refractivity contribution in [2.24, 2.45) is 17.3 Å². The summed E-state index contributed by atoms with van der Waals surface area (Å²) in [6.07, 6.45) is 11.5. The van der Waals surface area contributed by atoms with Crippen LogP contribution in [0.2, 0.25) is 0 Å². The molecule has 0 amide bonds. The van der Waals surface area contributed by atoms with Crippen molar-refractivity contribution in [1.82, 2.24) is 0 Å². The van der Waals surface area contributed by atoms with Gasteiger partial charge in [-0.15, -0.1) is 0 Å². The molecule has 0 aliphatic heterocycles. The van der Waals surface area contributed by atoms with Crippen LogP contribution in [0.5, 0.6) is 0 Å². The van der Waals surface area contributed by atoms with Gasteiger partial charge in [-0.25, -0.2) is 0 Å². The minimum Gasteiger partial charge on any atom is -0.392 e.